The highest BCUT2D eigenvalue weighted by Crippen LogP contribution is 2.22. The number of H-pyrrole nitrogens is 1. The number of amides is 2. The average Bonchev–Trinajstić information content (AvgIpc) is 3.29. The molecule has 3 heterocycles. The summed E-state index contributed by atoms with van der Waals surface area (Å²) >= 11 is 0. The van der Waals surface area contributed by atoms with E-state index in [9.17, 15) is 9.59 Å². The molecular weight excluding hydrogens is 372 g/mol. The summed E-state index contributed by atoms with van der Waals surface area (Å²) in [4.78, 5) is 34.7. The molecule has 2 N–H and O–H groups in total. The minimum absolute atomic E-state index is 0.00597. The topological polar surface area (TPSA) is 117 Å². The Morgan fingerprint density at radius 3 is 2.97 bits per heavy atom. The number of carbonyl (C=O) groups excluding carboxylic acids is 2. The minimum atomic E-state index is -0.0546. The van der Waals surface area contributed by atoms with Gasteiger partial charge in [0.25, 0.3) is 5.91 Å². The maximum atomic E-state index is 13.0. The van der Waals surface area contributed by atoms with Gasteiger partial charge in [-0.05, 0) is 50.8 Å². The summed E-state index contributed by atoms with van der Waals surface area (Å²) in [5.41, 5.74) is 3.65. The van der Waals surface area contributed by atoms with Gasteiger partial charge < -0.3 is 15.2 Å². The van der Waals surface area contributed by atoms with Gasteiger partial charge in [0, 0.05) is 25.1 Å². The zero-order valence-electron chi connectivity index (χ0n) is 16.6. The molecule has 4 rings (SSSR count). The van der Waals surface area contributed by atoms with Gasteiger partial charge in [-0.3, -0.25) is 9.59 Å². The number of imidazole rings is 1. The molecule has 2 aromatic heterocycles. The second kappa shape index (κ2) is 8.02. The van der Waals surface area contributed by atoms with E-state index in [4.69, 9.17) is 0 Å². The van der Waals surface area contributed by atoms with Gasteiger partial charge in [-0.25, -0.2) is 9.61 Å². The highest BCUT2D eigenvalue weighted by Gasteiger charge is 2.26. The normalized spacial score (nSPS) is 16.9. The number of aryl methyl sites for hydroxylation is 2. The van der Waals surface area contributed by atoms with Gasteiger partial charge in [0.05, 0.1) is 17.6 Å². The highest BCUT2D eigenvalue weighted by atomic mass is 16.6. The van der Waals surface area contributed by atoms with E-state index in [1.54, 1.807) is 6.92 Å². The number of piperidine rings is 1. The summed E-state index contributed by atoms with van der Waals surface area (Å²) in [5, 5.41) is 10.3. The first kappa shape index (κ1) is 19.1. The van der Waals surface area contributed by atoms with Crippen molar-refractivity contribution in [3.05, 3.63) is 41.0 Å². The average molecular weight is 396 g/mol. The lowest BCUT2D eigenvalue weighted by Gasteiger charge is -2.32. The molecule has 0 aliphatic carbocycles. The van der Waals surface area contributed by atoms with Crippen LogP contribution >= 0.6 is 0 Å². The predicted molar refractivity (Wildman–Crippen MR) is 105 cm³/mol. The van der Waals surface area contributed by atoms with Crippen LogP contribution in [0.4, 0.5) is 0 Å². The first-order valence-corrected chi connectivity index (χ1v) is 9.80. The number of hydrogen-bond acceptors (Lipinski definition) is 6. The number of likely N-dealkylation sites (tertiary alicyclic amines) is 1. The molecule has 2 amide bonds. The molecule has 9 heteroatoms. The summed E-state index contributed by atoms with van der Waals surface area (Å²) in [6, 6.07) is 5.53. The Hall–Kier alpha value is -3.23. The molecule has 29 heavy (non-hydrogen) atoms. The van der Waals surface area contributed by atoms with E-state index in [1.165, 1.54) is 0 Å². The van der Waals surface area contributed by atoms with Crippen molar-refractivity contribution in [2.45, 2.75) is 39.7 Å². The Balaban J connectivity index is 1.35. The van der Waals surface area contributed by atoms with Gasteiger partial charge in [-0.2, -0.15) is 0 Å². The third kappa shape index (κ3) is 4.28. The third-order valence-corrected chi connectivity index (χ3v) is 5.33. The summed E-state index contributed by atoms with van der Waals surface area (Å²) in [5.74, 6) is 0.905. The van der Waals surface area contributed by atoms with E-state index in [2.05, 4.69) is 30.2 Å². The van der Waals surface area contributed by atoms with Crippen molar-refractivity contribution in [1.82, 2.24) is 30.5 Å². The zero-order chi connectivity index (χ0) is 20.4. The Morgan fingerprint density at radius 2 is 2.17 bits per heavy atom. The second-order valence-corrected chi connectivity index (χ2v) is 7.59. The smallest absolute Gasteiger partial charge is 0.253 e. The van der Waals surface area contributed by atoms with Gasteiger partial charge in [0.1, 0.15) is 17.2 Å². The number of aromatic amines is 1. The molecule has 0 bridgehead atoms. The predicted octanol–water partition coefficient (Wildman–Crippen LogP) is 2.12. The molecular formula is C20H24N6O3. The molecule has 1 aromatic carbocycles. The van der Waals surface area contributed by atoms with Gasteiger partial charge in [0.2, 0.25) is 5.91 Å². The number of rotatable bonds is 5. The van der Waals surface area contributed by atoms with Crippen molar-refractivity contribution >= 4 is 22.8 Å². The van der Waals surface area contributed by atoms with E-state index < -0.39 is 0 Å². The molecule has 0 saturated carbocycles. The molecule has 9 nitrogen and oxygen atoms in total. The first-order valence-electron chi connectivity index (χ1n) is 9.80. The lowest BCUT2D eigenvalue weighted by atomic mass is 9.94. The number of fused-ring (bicyclic) bond motifs is 1. The quantitative estimate of drug-likeness (QED) is 0.682. The van der Waals surface area contributed by atoms with Crippen LogP contribution in [0.5, 0.6) is 0 Å². The van der Waals surface area contributed by atoms with Crippen LogP contribution in [0.25, 0.3) is 11.0 Å². The fourth-order valence-corrected chi connectivity index (χ4v) is 3.80. The molecule has 0 spiro atoms. The number of nitrogens with one attached hydrogen (secondary N) is 2. The van der Waals surface area contributed by atoms with E-state index >= 15 is 0 Å². The molecule has 1 atom stereocenters. The van der Waals surface area contributed by atoms with Gasteiger partial charge in [-0.15, -0.1) is 0 Å². The fraction of sp³-hybridized carbons (Fsp3) is 0.450. The number of hydrogen-bond donors (Lipinski definition) is 2. The number of nitrogens with zero attached hydrogens (tertiary/aromatic N) is 4. The SMILES string of the molecule is Cc1nc2ccc(C(=O)N3CCCC(CC(=O)NCc4nonc4C)C3)cc2[nH]1. The Labute approximate surface area is 167 Å². The second-order valence-electron chi connectivity index (χ2n) is 7.59. The van der Waals surface area contributed by atoms with Crippen LogP contribution in [-0.2, 0) is 11.3 Å². The van der Waals surface area contributed by atoms with Crippen molar-refractivity contribution in [2.24, 2.45) is 5.92 Å². The van der Waals surface area contributed by atoms with Crippen molar-refractivity contribution in [1.29, 1.82) is 0 Å². The Kier molecular flexibility index (Phi) is 5.28. The molecule has 3 aromatic rings. The van der Waals surface area contributed by atoms with E-state index in [0.717, 1.165) is 29.7 Å². The van der Waals surface area contributed by atoms with Crippen LogP contribution in [0.15, 0.2) is 22.8 Å². The van der Waals surface area contributed by atoms with Crippen LogP contribution in [0.3, 0.4) is 0 Å². The molecule has 152 valence electrons. The summed E-state index contributed by atoms with van der Waals surface area (Å²) in [7, 11) is 0. The largest absolute Gasteiger partial charge is 0.350 e. The van der Waals surface area contributed by atoms with E-state index in [1.807, 2.05) is 30.0 Å². The molecule has 1 unspecified atom stereocenters. The van der Waals surface area contributed by atoms with Crippen LogP contribution in [-0.4, -0.2) is 50.1 Å². The summed E-state index contributed by atoms with van der Waals surface area (Å²) in [6.07, 6.45) is 2.20. The van der Waals surface area contributed by atoms with Crippen molar-refractivity contribution in [3.63, 3.8) is 0 Å². The molecule has 1 fully saturated rings. The van der Waals surface area contributed by atoms with E-state index in [-0.39, 0.29) is 17.7 Å². The zero-order valence-corrected chi connectivity index (χ0v) is 16.6. The minimum Gasteiger partial charge on any atom is -0.350 e. The Morgan fingerprint density at radius 1 is 1.31 bits per heavy atom. The van der Waals surface area contributed by atoms with Crippen molar-refractivity contribution in [3.8, 4) is 0 Å². The van der Waals surface area contributed by atoms with Gasteiger partial charge >= 0.3 is 0 Å². The summed E-state index contributed by atoms with van der Waals surface area (Å²) in [6.45, 7) is 5.26. The molecule has 1 aliphatic heterocycles. The summed E-state index contributed by atoms with van der Waals surface area (Å²) < 4.78 is 4.64. The Bertz CT molecular complexity index is 1040. The van der Waals surface area contributed by atoms with Gasteiger partial charge in [-0.1, -0.05) is 10.3 Å². The van der Waals surface area contributed by atoms with Crippen molar-refractivity contribution < 1.29 is 14.2 Å². The number of benzene rings is 1. The lowest BCUT2D eigenvalue weighted by molar-refractivity contribution is -0.122. The van der Waals surface area contributed by atoms with Crippen LogP contribution in [0, 0.1) is 19.8 Å². The van der Waals surface area contributed by atoms with Crippen LogP contribution < -0.4 is 5.32 Å². The first-order chi connectivity index (χ1) is 14.0. The monoisotopic (exact) mass is 396 g/mol. The lowest BCUT2D eigenvalue weighted by Crippen LogP contribution is -2.41. The molecule has 1 saturated heterocycles. The maximum Gasteiger partial charge on any atom is 0.253 e. The molecule has 0 radical (unpaired) electrons. The van der Waals surface area contributed by atoms with Crippen LogP contribution in [0.1, 0.15) is 46.8 Å². The number of aromatic nitrogens is 4. The standard InChI is InChI=1S/C20H24N6O3/c1-12-18(25-29-24-12)10-21-19(27)8-14-4-3-7-26(11-14)20(28)15-5-6-16-17(9-15)23-13(2)22-16/h5-6,9,14H,3-4,7-8,10-11H2,1-2H3,(H,21,27)(H,22,23). The fourth-order valence-electron chi connectivity index (χ4n) is 3.80. The van der Waals surface area contributed by atoms with Crippen LogP contribution in [0.2, 0.25) is 0 Å². The van der Waals surface area contributed by atoms with Crippen molar-refractivity contribution in [2.75, 3.05) is 13.1 Å². The molecule has 1 aliphatic rings. The van der Waals surface area contributed by atoms with Gasteiger partial charge in [0.15, 0.2) is 0 Å². The number of carbonyl (C=O) groups is 2. The highest BCUT2D eigenvalue weighted by molar-refractivity contribution is 5.97. The maximum absolute atomic E-state index is 13.0. The van der Waals surface area contributed by atoms with E-state index in [0.29, 0.717) is 43.0 Å². The third-order valence-electron chi connectivity index (χ3n) is 5.33.